The SMILES string of the molecule is Cc1ccc(S(=O)(=O)Nc2cc(C(=O)O)ccc2N2CCC(CCN3CCCCC3)CC2)cc1.O=C(O)C(F)(F)F. The summed E-state index contributed by atoms with van der Waals surface area (Å²) in [5, 5.41) is 16.6. The van der Waals surface area contributed by atoms with Crippen LogP contribution in [0.5, 0.6) is 0 Å². The number of aliphatic carboxylic acids is 1. The van der Waals surface area contributed by atoms with Gasteiger partial charge in [-0.15, -0.1) is 0 Å². The van der Waals surface area contributed by atoms with Crippen LogP contribution in [0.1, 0.15) is 54.4 Å². The molecule has 0 spiro atoms. The van der Waals surface area contributed by atoms with Gasteiger partial charge in [0.1, 0.15) is 0 Å². The summed E-state index contributed by atoms with van der Waals surface area (Å²) in [6, 6.07) is 11.3. The van der Waals surface area contributed by atoms with E-state index in [1.165, 1.54) is 51.4 Å². The van der Waals surface area contributed by atoms with Crippen molar-refractivity contribution in [3.63, 3.8) is 0 Å². The van der Waals surface area contributed by atoms with E-state index < -0.39 is 28.1 Å². The lowest BCUT2D eigenvalue weighted by Gasteiger charge is -2.36. The largest absolute Gasteiger partial charge is 0.490 e. The van der Waals surface area contributed by atoms with Crippen molar-refractivity contribution in [2.75, 3.05) is 42.3 Å². The van der Waals surface area contributed by atoms with Crippen molar-refractivity contribution in [3.05, 3.63) is 53.6 Å². The van der Waals surface area contributed by atoms with Gasteiger partial charge in [-0.3, -0.25) is 4.72 Å². The number of anilines is 2. The molecule has 0 unspecified atom stereocenters. The molecule has 13 heteroatoms. The van der Waals surface area contributed by atoms with Gasteiger partial charge in [-0.05, 0) is 94.9 Å². The van der Waals surface area contributed by atoms with Crippen molar-refractivity contribution in [1.29, 1.82) is 0 Å². The molecule has 2 fully saturated rings. The number of sulfonamides is 1. The number of piperidine rings is 2. The number of nitrogens with one attached hydrogen (secondary N) is 1. The van der Waals surface area contributed by atoms with Gasteiger partial charge in [0.25, 0.3) is 10.0 Å². The first-order chi connectivity index (χ1) is 19.3. The van der Waals surface area contributed by atoms with Crippen LogP contribution in [0.2, 0.25) is 0 Å². The van der Waals surface area contributed by atoms with Gasteiger partial charge in [0.2, 0.25) is 0 Å². The third-order valence-electron chi connectivity index (χ3n) is 7.32. The summed E-state index contributed by atoms with van der Waals surface area (Å²) >= 11 is 0. The maximum atomic E-state index is 13.0. The summed E-state index contributed by atoms with van der Waals surface area (Å²) in [6.07, 6.45) is 2.21. The first-order valence-electron chi connectivity index (χ1n) is 13.5. The summed E-state index contributed by atoms with van der Waals surface area (Å²) in [5.74, 6) is -3.17. The van der Waals surface area contributed by atoms with Gasteiger partial charge in [0.15, 0.2) is 0 Å². The Morgan fingerprint density at radius 3 is 2.07 bits per heavy atom. The fourth-order valence-corrected chi connectivity index (χ4v) is 6.02. The second-order valence-corrected chi connectivity index (χ2v) is 12.1. The molecule has 0 bridgehead atoms. The average molecular weight is 600 g/mol. The molecular weight excluding hydrogens is 563 g/mol. The molecule has 0 saturated carbocycles. The highest BCUT2D eigenvalue weighted by molar-refractivity contribution is 7.92. The normalized spacial score (nSPS) is 16.9. The van der Waals surface area contributed by atoms with Gasteiger partial charge in [0.05, 0.1) is 21.8 Å². The molecule has 0 radical (unpaired) electrons. The van der Waals surface area contributed by atoms with Crippen LogP contribution in [0.4, 0.5) is 24.5 Å². The molecule has 0 atom stereocenters. The fraction of sp³-hybridized carbons (Fsp3) is 0.500. The number of carbonyl (C=O) groups is 2. The molecule has 2 aliphatic heterocycles. The van der Waals surface area contributed by atoms with Crippen LogP contribution in [-0.4, -0.2) is 74.4 Å². The van der Waals surface area contributed by atoms with E-state index in [4.69, 9.17) is 9.90 Å². The van der Waals surface area contributed by atoms with E-state index in [1.807, 2.05) is 6.92 Å². The second kappa shape index (κ2) is 14.0. The van der Waals surface area contributed by atoms with Crippen molar-refractivity contribution in [1.82, 2.24) is 4.90 Å². The minimum Gasteiger partial charge on any atom is -0.478 e. The first kappa shape index (κ1) is 32.2. The molecule has 0 aromatic heterocycles. The lowest BCUT2D eigenvalue weighted by Crippen LogP contribution is -2.36. The molecule has 2 aliphatic rings. The summed E-state index contributed by atoms with van der Waals surface area (Å²) < 4.78 is 60.5. The number of nitrogens with zero attached hydrogens (tertiary/aromatic N) is 2. The standard InChI is InChI=1S/C26H35N3O4S.C2HF3O2/c1-20-5-8-23(9-6-20)34(32,33)27-24-19-22(26(30)31)7-10-25(24)29-17-12-21(13-18-29)11-16-28-14-3-2-4-15-28;3-2(4,5)1(6)7/h5-10,19,21,27H,2-4,11-18H2,1H3,(H,30,31);(H,6,7). The second-order valence-electron chi connectivity index (χ2n) is 10.4. The van der Waals surface area contributed by atoms with Crippen LogP contribution in [0.25, 0.3) is 0 Å². The van der Waals surface area contributed by atoms with E-state index in [2.05, 4.69) is 14.5 Å². The molecule has 2 heterocycles. The monoisotopic (exact) mass is 599 g/mol. The summed E-state index contributed by atoms with van der Waals surface area (Å²) in [4.78, 5) is 25.4. The zero-order valence-corrected chi connectivity index (χ0v) is 23.7. The molecule has 0 amide bonds. The van der Waals surface area contributed by atoms with E-state index >= 15 is 0 Å². The molecule has 0 aliphatic carbocycles. The zero-order chi connectivity index (χ0) is 30.2. The third-order valence-corrected chi connectivity index (χ3v) is 8.70. The Morgan fingerprint density at radius 1 is 0.951 bits per heavy atom. The quantitative estimate of drug-likeness (QED) is 0.377. The number of halogens is 3. The van der Waals surface area contributed by atoms with Gasteiger partial charge < -0.3 is 20.0 Å². The first-order valence-corrected chi connectivity index (χ1v) is 15.0. The van der Waals surface area contributed by atoms with Crippen molar-refractivity contribution in [3.8, 4) is 0 Å². The smallest absolute Gasteiger partial charge is 0.478 e. The molecule has 2 aromatic rings. The highest BCUT2D eigenvalue weighted by Gasteiger charge is 2.38. The predicted octanol–water partition coefficient (Wildman–Crippen LogP) is 5.22. The number of hydrogen-bond donors (Lipinski definition) is 3. The van der Waals surface area contributed by atoms with Gasteiger partial charge in [0, 0.05) is 13.1 Å². The number of rotatable bonds is 8. The average Bonchev–Trinajstić information content (AvgIpc) is 2.92. The Kier molecular flexibility index (Phi) is 11.0. The van der Waals surface area contributed by atoms with E-state index in [0.717, 1.165) is 37.2 Å². The molecule has 3 N–H and O–H groups in total. The minimum absolute atomic E-state index is 0.0572. The predicted molar refractivity (Wildman–Crippen MR) is 149 cm³/mol. The zero-order valence-electron chi connectivity index (χ0n) is 22.9. The van der Waals surface area contributed by atoms with E-state index in [9.17, 15) is 31.5 Å². The van der Waals surface area contributed by atoms with Gasteiger partial charge >= 0.3 is 18.1 Å². The van der Waals surface area contributed by atoms with Crippen LogP contribution in [0.15, 0.2) is 47.4 Å². The van der Waals surface area contributed by atoms with E-state index in [1.54, 1.807) is 36.4 Å². The molecule has 2 saturated heterocycles. The van der Waals surface area contributed by atoms with E-state index in [0.29, 0.717) is 11.6 Å². The van der Waals surface area contributed by atoms with Crippen LogP contribution in [0, 0.1) is 12.8 Å². The van der Waals surface area contributed by atoms with Crippen LogP contribution in [-0.2, 0) is 14.8 Å². The van der Waals surface area contributed by atoms with Crippen molar-refractivity contribution in [2.24, 2.45) is 5.92 Å². The lowest BCUT2D eigenvalue weighted by atomic mass is 9.92. The van der Waals surface area contributed by atoms with Crippen LogP contribution >= 0.6 is 0 Å². The molecule has 226 valence electrons. The number of benzene rings is 2. The molecule has 41 heavy (non-hydrogen) atoms. The lowest BCUT2D eigenvalue weighted by molar-refractivity contribution is -0.192. The number of carboxylic acid groups (broad SMARTS) is 2. The molecule has 2 aromatic carbocycles. The Morgan fingerprint density at radius 2 is 1.54 bits per heavy atom. The number of carboxylic acids is 2. The fourth-order valence-electron chi connectivity index (χ4n) is 4.96. The van der Waals surface area contributed by atoms with Crippen LogP contribution in [0.3, 0.4) is 0 Å². The number of aromatic carboxylic acids is 1. The summed E-state index contributed by atoms with van der Waals surface area (Å²) in [7, 11) is -3.84. The number of hydrogen-bond acceptors (Lipinski definition) is 6. The van der Waals surface area contributed by atoms with Crippen molar-refractivity contribution in [2.45, 2.75) is 56.5 Å². The number of alkyl halides is 3. The Balaban J connectivity index is 0.000000587. The van der Waals surface area contributed by atoms with Gasteiger partial charge in [-0.1, -0.05) is 24.1 Å². The maximum absolute atomic E-state index is 13.0. The maximum Gasteiger partial charge on any atom is 0.490 e. The van der Waals surface area contributed by atoms with Crippen molar-refractivity contribution >= 4 is 33.3 Å². The van der Waals surface area contributed by atoms with E-state index in [-0.39, 0.29) is 10.5 Å². The summed E-state index contributed by atoms with van der Waals surface area (Å²) in [5.41, 5.74) is 2.07. The van der Waals surface area contributed by atoms with Crippen molar-refractivity contribution < 1.29 is 41.4 Å². The topological polar surface area (TPSA) is 127 Å². The van der Waals surface area contributed by atoms with Gasteiger partial charge in [-0.25, -0.2) is 18.0 Å². The Hall–Kier alpha value is -3.32. The summed E-state index contributed by atoms with van der Waals surface area (Å²) in [6.45, 7) is 7.17. The molecular formula is C28H36F3N3O6S. The third kappa shape index (κ3) is 9.63. The highest BCUT2D eigenvalue weighted by atomic mass is 32.2. The Bertz CT molecular complexity index is 1290. The Labute approximate surface area is 238 Å². The van der Waals surface area contributed by atoms with Gasteiger partial charge in [-0.2, -0.15) is 13.2 Å². The molecule has 4 rings (SSSR count). The highest BCUT2D eigenvalue weighted by Crippen LogP contribution is 2.33. The molecule has 9 nitrogen and oxygen atoms in total. The van der Waals surface area contributed by atoms with Crippen LogP contribution < -0.4 is 9.62 Å². The number of aryl methyl sites for hydroxylation is 1. The number of likely N-dealkylation sites (tertiary alicyclic amines) is 1. The minimum atomic E-state index is -5.08.